The summed E-state index contributed by atoms with van der Waals surface area (Å²) in [6.45, 7) is 2.10. The van der Waals surface area contributed by atoms with E-state index in [1.165, 1.54) is 26.2 Å². The van der Waals surface area contributed by atoms with E-state index in [-0.39, 0.29) is 17.5 Å². The van der Waals surface area contributed by atoms with Gasteiger partial charge in [-0.1, -0.05) is 61.7 Å². The number of methoxy groups -OCH3 is 2. The Morgan fingerprint density at radius 1 is 0.906 bits per heavy atom. The van der Waals surface area contributed by atoms with Crippen molar-refractivity contribution in [2.45, 2.75) is 62.9 Å². The summed E-state index contributed by atoms with van der Waals surface area (Å²) in [6, 6.07) is 16.3. The highest BCUT2D eigenvalue weighted by atomic mass is 16.5. The highest BCUT2D eigenvalue weighted by molar-refractivity contribution is 6.03. The lowest BCUT2D eigenvalue weighted by molar-refractivity contribution is -0.171. The van der Waals surface area contributed by atoms with Gasteiger partial charge < -0.3 is 14.4 Å². The van der Waals surface area contributed by atoms with Crippen LogP contribution >= 0.6 is 0 Å². The molecule has 5 heteroatoms. The zero-order valence-electron chi connectivity index (χ0n) is 19.1. The minimum Gasteiger partial charge on any atom is -0.468 e. The van der Waals surface area contributed by atoms with Crippen molar-refractivity contribution in [1.82, 2.24) is 0 Å². The van der Waals surface area contributed by atoms with Gasteiger partial charge in [0.05, 0.1) is 26.3 Å². The number of anilines is 1. The van der Waals surface area contributed by atoms with Crippen molar-refractivity contribution in [2.24, 2.45) is 5.41 Å². The number of aryl methyl sites for hydroxylation is 1. The molecule has 1 saturated carbocycles. The topological polar surface area (TPSA) is 55.8 Å². The van der Waals surface area contributed by atoms with Crippen LogP contribution in [0.3, 0.4) is 0 Å². The minimum atomic E-state index is -1.37. The van der Waals surface area contributed by atoms with Crippen LogP contribution in [0.15, 0.2) is 48.5 Å². The van der Waals surface area contributed by atoms with E-state index in [9.17, 15) is 9.59 Å². The van der Waals surface area contributed by atoms with Crippen molar-refractivity contribution >= 4 is 17.6 Å². The summed E-state index contributed by atoms with van der Waals surface area (Å²) in [6.07, 6.45) is 5.64. The normalized spacial score (nSPS) is 24.7. The maximum atomic E-state index is 13.6. The van der Waals surface area contributed by atoms with Crippen LogP contribution in [-0.2, 0) is 24.5 Å². The highest BCUT2D eigenvalue weighted by Gasteiger charge is 2.72. The molecule has 2 aliphatic heterocycles. The van der Waals surface area contributed by atoms with Crippen molar-refractivity contribution in [3.05, 3.63) is 65.2 Å². The number of carbonyl (C=O) groups excluding carboxylic acids is 2. The third-order valence-electron chi connectivity index (χ3n) is 8.23. The van der Waals surface area contributed by atoms with Gasteiger partial charge in [-0.05, 0) is 42.5 Å². The SMILES string of the molecule is COC(=O)C1(C(=O)OC)C[C@@H](c2ccccc2C)N2c3ccccc3C3(CCCCC3)[C@@H]21. The molecule has 1 aliphatic carbocycles. The Balaban J connectivity index is 1.81. The van der Waals surface area contributed by atoms with Gasteiger partial charge in [0.15, 0.2) is 5.41 Å². The lowest BCUT2D eigenvalue weighted by Gasteiger charge is -2.45. The fraction of sp³-hybridized carbons (Fsp3) is 0.481. The number of nitrogens with zero attached hydrogens (tertiary/aromatic N) is 1. The van der Waals surface area contributed by atoms with Crippen LogP contribution in [-0.4, -0.2) is 32.2 Å². The van der Waals surface area contributed by atoms with Gasteiger partial charge in [-0.3, -0.25) is 9.59 Å². The van der Waals surface area contributed by atoms with Crippen LogP contribution in [0.4, 0.5) is 5.69 Å². The summed E-state index contributed by atoms with van der Waals surface area (Å²) < 4.78 is 10.7. The maximum Gasteiger partial charge on any atom is 0.325 e. The van der Waals surface area contributed by atoms with Crippen LogP contribution in [0.1, 0.15) is 61.3 Å². The first kappa shape index (κ1) is 21.0. The molecule has 0 bridgehead atoms. The molecule has 2 aromatic rings. The van der Waals surface area contributed by atoms with Crippen molar-refractivity contribution in [3.8, 4) is 0 Å². The molecule has 1 spiro atoms. The molecule has 168 valence electrons. The summed E-state index contributed by atoms with van der Waals surface area (Å²) in [7, 11) is 2.77. The second-order valence-electron chi connectivity index (χ2n) is 9.57. The number of esters is 2. The molecule has 5 nitrogen and oxygen atoms in total. The number of para-hydroxylation sites is 1. The summed E-state index contributed by atoms with van der Waals surface area (Å²) in [5.41, 5.74) is 3.07. The van der Waals surface area contributed by atoms with E-state index in [0.717, 1.165) is 42.5 Å². The molecule has 0 aromatic heterocycles. The maximum absolute atomic E-state index is 13.6. The van der Waals surface area contributed by atoms with Crippen LogP contribution < -0.4 is 4.90 Å². The van der Waals surface area contributed by atoms with Gasteiger partial charge >= 0.3 is 11.9 Å². The predicted molar refractivity (Wildman–Crippen MR) is 122 cm³/mol. The Bertz CT molecular complexity index is 1040. The quantitative estimate of drug-likeness (QED) is 0.511. The summed E-state index contributed by atoms with van der Waals surface area (Å²) in [5, 5.41) is 0. The second kappa shape index (κ2) is 7.65. The van der Waals surface area contributed by atoms with E-state index in [2.05, 4.69) is 48.2 Å². The molecule has 5 rings (SSSR count). The summed E-state index contributed by atoms with van der Waals surface area (Å²) in [4.78, 5) is 29.5. The third-order valence-corrected chi connectivity index (χ3v) is 8.23. The van der Waals surface area contributed by atoms with Crippen molar-refractivity contribution < 1.29 is 19.1 Å². The molecule has 0 radical (unpaired) electrons. The predicted octanol–water partition coefficient (Wildman–Crippen LogP) is 4.86. The van der Waals surface area contributed by atoms with E-state index in [0.29, 0.717) is 6.42 Å². The van der Waals surface area contributed by atoms with Crippen molar-refractivity contribution in [2.75, 3.05) is 19.1 Å². The molecule has 2 aromatic carbocycles. The minimum absolute atomic E-state index is 0.109. The van der Waals surface area contributed by atoms with E-state index in [4.69, 9.17) is 9.47 Å². The number of ether oxygens (including phenoxy) is 2. The van der Waals surface area contributed by atoms with Crippen LogP contribution in [0.2, 0.25) is 0 Å². The zero-order valence-corrected chi connectivity index (χ0v) is 19.1. The Kier molecular flexibility index (Phi) is 5.03. The van der Waals surface area contributed by atoms with Gasteiger partial charge in [0.1, 0.15) is 0 Å². The van der Waals surface area contributed by atoms with Crippen LogP contribution in [0.25, 0.3) is 0 Å². The average Bonchev–Trinajstić information content (AvgIpc) is 3.33. The number of rotatable bonds is 3. The van der Waals surface area contributed by atoms with Crippen LogP contribution in [0.5, 0.6) is 0 Å². The lowest BCUT2D eigenvalue weighted by Crippen LogP contribution is -2.58. The molecule has 2 atom stereocenters. The standard InChI is InChI=1S/C27H31NO4/c1-18-11-5-6-12-19(18)22-17-27(24(29)31-2,25(30)32-3)23-26(15-9-4-10-16-26)20-13-7-8-14-21(20)28(22)23/h5-8,11-14,22-23H,4,9-10,15-17H2,1-3H3/t22-,23+/m0/s1. The Labute approximate surface area is 189 Å². The highest BCUT2D eigenvalue weighted by Crippen LogP contribution is 2.65. The average molecular weight is 434 g/mol. The van der Waals surface area contributed by atoms with Gasteiger partial charge in [-0.15, -0.1) is 0 Å². The largest absolute Gasteiger partial charge is 0.468 e. The molecular formula is C27H31NO4. The number of benzene rings is 2. The summed E-state index contributed by atoms with van der Waals surface area (Å²) >= 11 is 0. The molecule has 32 heavy (non-hydrogen) atoms. The van der Waals surface area contributed by atoms with Crippen molar-refractivity contribution in [1.29, 1.82) is 0 Å². The van der Waals surface area contributed by atoms with Gasteiger partial charge in [-0.25, -0.2) is 0 Å². The van der Waals surface area contributed by atoms with Gasteiger partial charge in [-0.2, -0.15) is 0 Å². The fourth-order valence-corrected chi connectivity index (χ4v) is 7.03. The number of hydrogen-bond acceptors (Lipinski definition) is 5. The smallest absolute Gasteiger partial charge is 0.325 e. The first-order valence-corrected chi connectivity index (χ1v) is 11.6. The molecule has 2 fully saturated rings. The van der Waals surface area contributed by atoms with E-state index in [1.54, 1.807) is 0 Å². The molecule has 2 heterocycles. The van der Waals surface area contributed by atoms with E-state index in [1.807, 2.05) is 12.1 Å². The van der Waals surface area contributed by atoms with Gasteiger partial charge in [0.2, 0.25) is 0 Å². The Morgan fingerprint density at radius 3 is 2.19 bits per heavy atom. The number of carbonyl (C=O) groups is 2. The van der Waals surface area contributed by atoms with Crippen molar-refractivity contribution in [3.63, 3.8) is 0 Å². The third kappa shape index (κ3) is 2.63. The van der Waals surface area contributed by atoms with Gasteiger partial charge in [0, 0.05) is 17.5 Å². The Hall–Kier alpha value is -2.82. The molecule has 0 unspecified atom stereocenters. The molecular weight excluding hydrogens is 402 g/mol. The zero-order chi connectivity index (χ0) is 22.5. The fourth-order valence-electron chi connectivity index (χ4n) is 7.03. The molecule has 0 N–H and O–H groups in total. The molecule has 0 amide bonds. The first-order valence-electron chi connectivity index (χ1n) is 11.6. The summed E-state index contributed by atoms with van der Waals surface area (Å²) in [5.74, 6) is -0.957. The van der Waals surface area contributed by atoms with E-state index < -0.39 is 17.4 Å². The monoisotopic (exact) mass is 433 g/mol. The van der Waals surface area contributed by atoms with Crippen LogP contribution in [0, 0.1) is 12.3 Å². The number of hydrogen-bond donors (Lipinski definition) is 0. The Morgan fingerprint density at radius 2 is 1.53 bits per heavy atom. The first-order chi connectivity index (χ1) is 15.5. The lowest BCUT2D eigenvalue weighted by atomic mass is 9.59. The molecule has 3 aliphatic rings. The second-order valence-corrected chi connectivity index (χ2v) is 9.57. The van der Waals surface area contributed by atoms with Gasteiger partial charge in [0.25, 0.3) is 0 Å². The van der Waals surface area contributed by atoms with E-state index >= 15 is 0 Å². The molecule has 1 saturated heterocycles. The number of fused-ring (bicyclic) bond motifs is 5.